The average molecular weight is 327 g/mol. The lowest BCUT2D eigenvalue weighted by Crippen LogP contribution is -2.52. The molecule has 1 aliphatic heterocycles. The molecule has 0 unspecified atom stereocenters. The summed E-state index contributed by atoms with van der Waals surface area (Å²) in [6.07, 6.45) is 0. The van der Waals surface area contributed by atoms with E-state index in [1.807, 2.05) is 36.1 Å². The van der Waals surface area contributed by atoms with Gasteiger partial charge in [0, 0.05) is 24.1 Å². The molecule has 1 amide bonds. The Kier molecular flexibility index (Phi) is 5.22. The molecular formula is C14H19BrN2O2. The van der Waals surface area contributed by atoms with Gasteiger partial charge in [-0.1, -0.05) is 15.9 Å². The Bertz CT molecular complexity index is 418. The average Bonchev–Trinajstić information content (AvgIpc) is 2.34. The number of carbonyl (C=O) groups is 1. The Labute approximate surface area is 122 Å². The number of rotatable bonds is 6. The number of nitrogens with one attached hydrogen (secondary N) is 1. The van der Waals surface area contributed by atoms with Crippen LogP contribution in [0.4, 0.5) is 0 Å². The molecule has 0 radical (unpaired) electrons. The van der Waals surface area contributed by atoms with Crippen molar-refractivity contribution in [3.8, 4) is 5.75 Å². The minimum absolute atomic E-state index is 0.160. The third kappa shape index (κ3) is 3.94. The van der Waals surface area contributed by atoms with Gasteiger partial charge in [0.15, 0.2) is 0 Å². The van der Waals surface area contributed by atoms with Gasteiger partial charge in [0.2, 0.25) is 5.91 Å². The van der Waals surface area contributed by atoms with Crippen molar-refractivity contribution in [3.63, 3.8) is 0 Å². The van der Waals surface area contributed by atoms with E-state index < -0.39 is 0 Å². The molecule has 0 aliphatic carbocycles. The van der Waals surface area contributed by atoms with Crippen molar-refractivity contribution >= 4 is 21.8 Å². The summed E-state index contributed by atoms with van der Waals surface area (Å²) in [5, 5.41) is 3.13. The number of hydrogen-bond donors (Lipinski definition) is 1. The van der Waals surface area contributed by atoms with Gasteiger partial charge in [-0.2, -0.15) is 0 Å². The van der Waals surface area contributed by atoms with E-state index >= 15 is 0 Å². The second kappa shape index (κ2) is 6.91. The Balaban J connectivity index is 1.76. The van der Waals surface area contributed by atoms with Crippen LogP contribution in [0.1, 0.15) is 6.92 Å². The summed E-state index contributed by atoms with van der Waals surface area (Å²) in [5.41, 5.74) is 0. The van der Waals surface area contributed by atoms with E-state index in [1.54, 1.807) is 0 Å². The zero-order valence-corrected chi connectivity index (χ0v) is 12.6. The van der Waals surface area contributed by atoms with E-state index in [0.717, 1.165) is 29.9 Å². The number of benzene rings is 1. The maximum Gasteiger partial charge on any atom is 0.228 e. The number of carbonyl (C=O) groups excluding carboxylic acids is 1. The van der Waals surface area contributed by atoms with Crippen LogP contribution >= 0.6 is 15.9 Å². The van der Waals surface area contributed by atoms with E-state index in [-0.39, 0.29) is 11.8 Å². The van der Waals surface area contributed by atoms with E-state index in [1.165, 1.54) is 0 Å². The maximum absolute atomic E-state index is 12.1. The summed E-state index contributed by atoms with van der Waals surface area (Å²) in [7, 11) is 0. The third-order valence-corrected chi connectivity index (χ3v) is 3.80. The molecule has 1 aromatic rings. The highest BCUT2D eigenvalue weighted by molar-refractivity contribution is 9.10. The molecule has 1 fully saturated rings. The predicted molar refractivity (Wildman–Crippen MR) is 78.3 cm³/mol. The third-order valence-electron chi connectivity index (χ3n) is 3.27. The largest absolute Gasteiger partial charge is 0.492 e. The first kappa shape index (κ1) is 14.3. The van der Waals surface area contributed by atoms with Gasteiger partial charge in [-0.3, -0.25) is 4.79 Å². The fraction of sp³-hybridized carbons (Fsp3) is 0.500. The lowest BCUT2D eigenvalue weighted by Gasteiger charge is -2.31. The van der Waals surface area contributed by atoms with Crippen LogP contribution in [0.3, 0.4) is 0 Å². The van der Waals surface area contributed by atoms with Crippen LogP contribution < -0.4 is 10.1 Å². The van der Waals surface area contributed by atoms with Crippen LogP contribution in [0.25, 0.3) is 0 Å². The Hall–Kier alpha value is -1.07. The Morgan fingerprint density at radius 1 is 1.42 bits per heavy atom. The molecule has 2 rings (SSSR count). The van der Waals surface area contributed by atoms with Crippen LogP contribution in [0, 0.1) is 5.92 Å². The van der Waals surface area contributed by atoms with Gasteiger partial charge in [-0.15, -0.1) is 0 Å². The minimum atomic E-state index is 0.160. The summed E-state index contributed by atoms with van der Waals surface area (Å²) in [6.45, 7) is 5.53. The van der Waals surface area contributed by atoms with Crippen LogP contribution in [-0.2, 0) is 4.79 Å². The van der Waals surface area contributed by atoms with Crippen molar-refractivity contribution in [1.82, 2.24) is 10.2 Å². The smallest absolute Gasteiger partial charge is 0.228 e. The van der Waals surface area contributed by atoms with Gasteiger partial charge < -0.3 is 15.0 Å². The normalized spacial score (nSPS) is 14.8. The molecule has 1 N–H and O–H groups in total. The Morgan fingerprint density at radius 3 is 2.63 bits per heavy atom. The van der Waals surface area contributed by atoms with E-state index in [2.05, 4.69) is 21.2 Å². The van der Waals surface area contributed by atoms with Crippen molar-refractivity contribution in [2.24, 2.45) is 5.92 Å². The fourth-order valence-corrected chi connectivity index (χ4v) is 2.21. The van der Waals surface area contributed by atoms with E-state index in [9.17, 15) is 4.79 Å². The van der Waals surface area contributed by atoms with E-state index in [4.69, 9.17) is 4.74 Å². The molecule has 0 atom stereocenters. The molecule has 1 aliphatic rings. The molecule has 0 saturated carbocycles. The van der Waals surface area contributed by atoms with Gasteiger partial charge >= 0.3 is 0 Å². The quantitative estimate of drug-likeness (QED) is 0.868. The molecule has 1 saturated heterocycles. The SMILES string of the molecule is CCN(CCOc1ccc(Br)cc1)C(=O)C1CNC1. The summed E-state index contributed by atoms with van der Waals surface area (Å²) in [4.78, 5) is 13.9. The van der Waals surface area contributed by atoms with Gasteiger partial charge in [0.05, 0.1) is 12.5 Å². The van der Waals surface area contributed by atoms with Gasteiger partial charge in [-0.25, -0.2) is 0 Å². The first-order chi connectivity index (χ1) is 9.20. The first-order valence-electron chi connectivity index (χ1n) is 6.58. The van der Waals surface area contributed by atoms with Gasteiger partial charge in [-0.05, 0) is 31.2 Å². The van der Waals surface area contributed by atoms with E-state index in [0.29, 0.717) is 13.2 Å². The number of amides is 1. The van der Waals surface area contributed by atoms with Crippen LogP contribution in [0.2, 0.25) is 0 Å². The van der Waals surface area contributed by atoms with Gasteiger partial charge in [0.25, 0.3) is 0 Å². The topological polar surface area (TPSA) is 41.6 Å². The standard InChI is InChI=1S/C14H19BrN2O2/c1-2-17(14(18)11-9-16-10-11)7-8-19-13-5-3-12(15)4-6-13/h3-6,11,16H,2,7-10H2,1H3. The highest BCUT2D eigenvalue weighted by Crippen LogP contribution is 2.16. The molecule has 5 heteroatoms. The van der Waals surface area contributed by atoms with Crippen molar-refractivity contribution in [2.45, 2.75) is 6.92 Å². The zero-order chi connectivity index (χ0) is 13.7. The van der Waals surface area contributed by atoms with Crippen molar-refractivity contribution in [3.05, 3.63) is 28.7 Å². The highest BCUT2D eigenvalue weighted by Gasteiger charge is 2.28. The second-order valence-corrected chi connectivity index (χ2v) is 5.49. The number of halogens is 1. The number of nitrogens with zero attached hydrogens (tertiary/aromatic N) is 1. The molecule has 4 nitrogen and oxygen atoms in total. The first-order valence-corrected chi connectivity index (χ1v) is 7.38. The Morgan fingerprint density at radius 2 is 2.11 bits per heavy atom. The molecule has 19 heavy (non-hydrogen) atoms. The zero-order valence-electron chi connectivity index (χ0n) is 11.1. The predicted octanol–water partition coefficient (Wildman–Crippen LogP) is 1.90. The molecule has 0 spiro atoms. The van der Waals surface area contributed by atoms with Crippen LogP contribution in [0.15, 0.2) is 28.7 Å². The molecule has 1 heterocycles. The summed E-state index contributed by atoms with van der Waals surface area (Å²) in [6, 6.07) is 7.71. The molecule has 0 bridgehead atoms. The molecule has 0 aromatic heterocycles. The van der Waals surface area contributed by atoms with Crippen molar-refractivity contribution in [2.75, 3.05) is 32.8 Å². The van der Waals surface area contributed by atoms with Crippen LogP contribution in [0.5, 0.6) is 5.75 Å². The second-order valence-electron chi connectivity index (χ2n) is 4.58. The molecule has 1 aromatic carbocycles. The lowest BCUT2D eigenvalue weighted by atomic mass is 10.0. The van der Waals surface area contributed by atoms with Crippen molar-refractivity contribution < 1.29 is 9.53 Å². The van der Waals surface area contributed by atoms with Crippen LogP contribution in [-0.4, -0.2) is 43.6 Å². The molecular weight excluding hydrogens is 308 g/mol. The number of likely N-dealkylation sites (N-methyl/N-ethyl adjacent to an activating group) is 1. The summed E-state index contributed by atoms with van der Waals surface area (Å²) >= 11 is 3.38. The summed E-state index contributed by atoms with van der Waals surface area (Å²) in [5.74, 6) is 1.23. The van der Waals surface area contributed by atoms with Gasteiger partial charge in [0.1, 0.15) is 12.4 Å². The summed E-state index contributed by atoms with van der Waals surface area (Å²) < 4.78 is 6.67. The highest BCUT2D eigenvalue weighted by atomic mass is 79.9. The van der Waals surface area contributed by atoms with Crippen molar-refractivity contribution in [1.29, 1.82) is 0 Å². The monoisotopic (exact) mass is 326 g/mol. The number of ether oxygens (including phenoxy) is 1. The fourth-order valence-electron chi connectivity index (χ4n) is 1.95. The molecule has 104 valence electrons. The lowest BCUT2D eigenvalue weighted by molar-refractivity contribution is -0.137. The number of hydrogen-bond acceptors (Lipinski definition) is 3. The maximum atomic E-state index is 12.1. The minimum Gasteiger partial charge on any atom is -0.492 e.